The normalized spacial score (nSPS) is 15.6. The molecule has 4 amide bonds. The predicted molar refractivity (Wildman–Crippen MR) is 57.6 cm³/mol. The Morgan fingerprint density at radius 1 is 1.56 bits per heavy atom. The number of likely N-dealkylation sites (N-methyl/N-ethyl adjacent to an activating group) is 1. The van der Waals surface area contributed by atoms with Crippen molar-refractivity contribution in [1.82, 2.24) is 15.1 Å². The number of rotatable bonds is 5. The predicted octanol–water partition coefficient (Wildman–Crippen LogP) is -0.427. The first-order valence-electron chi connectivity index (χ1n) is 4.99. The molecule has 0 aliphatic carbocycles. The van der Waals surface area contributed by atoms with E-state index in [4.69, 9.17) is 0 Å². The van der Waals surface area contributed by atoms with Crippen molar-refractivity contribution in [2.45, 2.75) is 6.42 Å². The molecule has 1 heterocycles. The van der Waals surface area contributed by atoms with Gasteiger partial charge in [-0.15, -0.1) is 6.58 Å². The van der Waals surface area contributed by atoms with Crippen molar-refractivity contribution in [3.8, 4) is 0 Å². The van der Waals surface area contributed by atoms with Gasteiger partial charge in [-0.05, 0) is 6.42 Å². The molecule has 6 heteroatoms. The summed E-state index contributed by atoms with van der Waals surface area (Å²) in [6.07, 6.45) is 2.34. The molecule has 0 aromatic rings. The second-order valence-corrected chi connectivity index (χ2v) is 3.55. The standard InChI is InChI=1S/C10H15N3O3/c1-3-4-5-11-8(14)6-13-9(15)7-12(2)10(13)16/h3H,1,4-7H2,2H3,(H,11,14). The van der Waals surface area contributed by atoms with Gasteiger partial charge in [0.05, 0.1) is 0 Å². The van der Waals surface area contributed by atoms with Crippen molar-refractivity contribution in [3.05, 3.63) is 12.7 Å². The van der Waals surface area contributed by atoms with E-state index in [-0.39, 0.29) is 24.9 Å². The molecule has 0 unspecified atom stereocenters. The fourth-order valence-electron chi connectivity index (χ4n) is 1.34. The highest BCUT2D eigenvalue weighted by molar-refractivity contribution is 6.04. The minimum Gasteiger partial charge on any atom is -0.354 e. The van der Waals surface area contributed by atoms with Crippen LogP contribution >= 0.6 is 0 Å². The van der Waals surface area contributed by atoms with E-state index in [1.807, 2.05) is 0 Å². The third-order valence-electron chi connectivity index (χ3n) is 2.20. The first kappa shape index (κ1) is 12.2. The first-order valence-corrected chi connectivity index (χ1v) is 4.99. The number of nitrogens with one attached hydrogen (secondary N) is 1. The molecule has 1 aliphatic rings. The molecule has 1 saturated heterocycles. The number of carbonyl (C=O) groups excluding carboxylic acids is 3. The summed E-state index contributed by atoms with van der Waals surface area (Å²) in [6, 6.07) is -0.427. The molecule has 6 nitrogen and oxygen atoms in total. The molecule has 0 atom stereocenters. The average Bonchev–Trinajstić information content (AvgIpc) is 2.46. The minimum absolute atomic E-state index is 0.0404. The van der Waals surface area contributed by atoms with Gasteiger partial charge in [0.2, 0.25) is 5.91 Å². The van der Waals surface area contributed by atoms with Crippen LogP contribution in [0.1, 0.15) is 6.42 Å². The summed E-state index contributed by atoms with van der Waals surface area (Å²) in [5.41, 5.74) is 0. The van der Waals surface area contributed by atoms with E-state index in [1.54, 1.807) is 6.08 Å². The Labute approximate surface area is 93.9 Å². The topological polar surface area (TPSA) is 69.7 Å². The van der Waals surface area contributed by atoms with Gasteiger partial charge in [0.25, 0.3) is 5.91 Å². The van der Waals surface area contributed by atoms with Crippen LogP contribution in [-0.4, -0.2) is 54.3 Å². The molecule has 1 aliphatic heterocycles. The number of urea groups is 1. The van der Waals surface area contributed by atoms with Crippen molar-refractivity contribution >= 4 is 17.8 Å². The van der Waals surface area contributed by atoms with E-state index < -0.39 is 6.03 Å². The largest absolute Gasteiger partial charge is 0.354 e. The van der Waals surface area contributed by atoms with E-state index in [9.17, 15) is 14.4 Å². The molecular formula is C10H15N3O3. The SMILES string of the molecule is C=CCCNC(=O)CN1C(=O)CN(C)C1=O. The Morgan fingerprint density at radius 2 is 2.25 bits per heavy atom. The lowest BCUT2D eigenvalue weighted by atomic mass is 10.4. The number of amides is 4. The first-order chi connectivity index (χ1) is 7.56. The van der Waals surface area contributed by atoms with Crippen molar-refractivity contribution < 1.29 is 14.4 Å². The van der Waals surface area contributed by atoms with Crippen LogP contribution in [0.3, 0.4) is 0 Å². The molecule has 0 radical (unpaired) electrons. The van der Waals surface area contributed by atoms with E-state index in [1.165, 1.54) is 11.9 Å². The average molecular weight is 225 g/mol. The maximum absolute atomic E-state index is 11.4. The van der Waals surface area contributed by atoms with Crippen molar-refractivity contribution in [1.29, 1.82) is 0 Å². The lowest BCUT2D eigenvalue weighted by Crippen LogP contribution is -2.41. The Hall–Kier alpha value is -1.85. The third-order valence-corrected chi connectivity index (χ3v) is 2.20. The molecular weight excluding hydrogens is 210 g/mol. The number of hydrogen-bond donors (Lipinski definition) is 1. The molecule has 88 valence electrons. The third kappa shape index (κ3) is 2.82. The van der Waals surface area contributed by atoms with Crippen LogP contribution in [0, 0.1) is 0 Å². The Bertz CT molecular complexity index is 327. The molecule has 16 heavy (non-hydrogen) atoms. The summed E-state index contributed by atoms with van der Waals surface area (Å²) in [7, 11) is 1.52. The van der Waals surface area contributed by atoms with Crippen LogP contribution in [0.5, 0.6) is 0 Å². The van der Waals surface area contributed by atoms with Gasteiger partial charge in [0.15, 0.2) is 0 Å². The smallest absolute Gasteiger partial charge is 0.327 e. The lowest BCUT2D eigenvalue weighted by Gasteiger charge is -2.13. The van der Waals surface area contributed by atoms with Crippen molar-refractivity contribution in [2.24, 2.45) is 0 Å². The molecule has 0 saturated carbocycles. The summed E-state index contributed by atoms with van der Waals surface area (Å²) < 4.78 is 0. The summed E-state index contributed by atoms with van der Waals surface area (Å²) in [4.78, 5) is 36.3. The molecule has 0 aromatic heterocycles. The second kappa shape index (κ2) is 5.29. The quantitative estimate of drug-likeness (QED) is 0.392. The number of imide groups is 1. The van der Waals surface area contributed by atoms with Gasteiger partial charge < -0.3 is 10.2 Å². The van der Waals surface area contributed by atoms with E-state index in [0.29, 0.717) is 13.0 Å². The molecule has 0 spiro atoms. The number of nitrogens with zero attached hydrogens (tertiary/aromatic N) is 2. The lowest BCUT2D eigenvalue weighted by molar-refractivity contribution is -0.130. The van der Waals surface area contributed by atoms with E-state index in [2.05, 4.69) is 11.9 Å². The van der Waals surface area contributed by atoms with Crippen LogP contribution in [0.2, 0.25) is 0 Å². The van der Waals surface area contributed by atoms with Crippen LogP contribution in [0.15, 0.2) is 12.7 Å². The minimum atomic E-state index is -0.427. The fraction of sp³-hybridized carbons (Fsp3) is 0.500. The molecule has 1 rings (SSSR count). The monoisotopic (exact) mass is 225 g/mol. The number of hydrogen-bond acceptors (Lipinski definition) is 3. The van der Waals surface area contributed by atoms with Gasteiger partial charge >= 0.3 is 6.03 Å². The maximum atomic E-state index is 11.4. The van der Waals surface area contributed by atoms with E-state index >= 15 is 0 Å². The molecule has 0 bridgehead atoms. The summed E-state index contributed by atoms with van der Waals surface area (Å²) in [5.74, 6) is -0.676. The van der Waals surface area contributed by atoms with Crippen molar-refractivity contribution in [2.75, 3.05) is 26.7 Å². The zero-order valence-electron chi connectivity index (χ0n) is 9.23. The van der Waals surface area contributed by atoms with Crippen LogP contribution < -0.4 is 5.32 Å². The Balaban J connectivity index is 2.41. The van der Waals surface area contributed by atoms with Crippen molar-refractivity contribution in [3.63, 3.8) is 0 Å². The fourth-order valence-corrected chi connectivity index (χ4v) is 1.34. The van der Waals surface area contributed by atoms with Gasteiger partial charge in [-0.2, -0.15) is 0 Å². The highest BCUT2D eigenvalue weighted by atomic mass is 16.2. The van der Waals surface area contributed by atoms with E-state index in [0.717, 1.165) is 4.90 Å². The van der Waals surface area contributed by atoms with Crippen LogP contribution in [0.25, 0.3) is 0 Å². The molecule has 1 fully saturated rings. The number of carbonyl (C=O) groups is 3. The molecule has 0 aromatic carbocycles. The summed E-state index contributed by atoms with van der Waals surface area (Å²) in [5, 5.41) is 2.59. The van der Waals surface area contributed by atoms with Gasteiger partial charge in [-0.1, -0.05) is 6.08 Å². The van der Waals surface area contributed by atoms with Crippen LogP contribution in [0.4, 0.5) is 4.79 Å². The van der Waals surface area contributed by atoms with Gasteiger partial charge in [0.1, 0.15) is 13.1 Å². The van der Waals surface area contributed by atoms with Crippen LogP contribution in [-0.2, 0) is 9.59 Å². The summed E-state index contributed by atoms with van der Waals surface area (Å²) >= 11 is 0. The summed E-state index contributed by atoms with van der Waals surface area (Å²) in [6.45, 7) is 3.82. The molecule has 1 N–H and O–H groups in total. The zero-order chi connectivity index (χ0) is 12.1. The van der Waals surface area contributed by atoms with Gasteiger partial charge in [-0.3, -0.25) is 14.5 Å². The van der Waals surface area contributed by atoms with Gasteiger partial charge in [-0.25, -0.2) is 4.79 Å². The zero-order valence-corrected chi connectivity index (χ0v) is 9.23. The van der Waals surface area contributed by atoms with Gasteiger partial charge in [0, 0.05) is 13.6 Å². The second-order valence-electron chi connectivity index (χ2n) is 3.55. The maximum Gasteiger partial charge on any atom is 0.327 e. The highest BCUT2D eigenvalue weighted by Gasteiger charge is 2.34. The Morgan fingerprint density at radius 3 is 2.75 bits per heavy atom. The highest BCUT2D eigenvalue weighted by Crippen LogP contribution is 2.06. The Kier molecular flexibility index (Phi) is 4.04.